The van der Waals surface area contributed by atoms with Crippen molar-refractivity contribution in [3.05, 3.63) is 71.8 Å². The Bertz CT molecular complexity index is 1660. The Morgan fingerprint density at radius 2 is 1.82 bits per heavy atom. The summed E-state index contributed by atoms with van der Waals surface area (Å²) in [7, 11) is 0. The van der Waals surface area contributed by atoms with Gasteiger partial charge in [0.05, 0.1) is 22.0 Å². The van der Waals surface area contributed by atoms with Crippen LogP contribution in [0.4, 0.5) is 11.6 Å². The highest BCUT2D eigenvalue weighted by atomic mass is 16.5. The molecule has 5 aromatic rings. The van der Waals surface area contributed by atoms with E-state index in [9.17, 15) is 0 Å². The maximum Gasteiger partial charge on any atom is 0.230 e. The van der Waals surface area contributed by atoms with Gasteiger partial charge in [-0.25, -0.2) is 9.97 Å². The molecule has 198 valence electrons. The van der Waals surface area contributed by atoms with Crippen LogP contribution in [-0.2, 0) is 0 Å². The molecule has 1 fully saturated rings. The smallest absolute Gasteiger partial charge is 0.230 e. The average molecular weight is 520 g/mol. The number of hydrogen-bond acceptors (Lipinski definition) is 6. The number of imidazole rings is 1. The first-order valence-electron chi connectivity index (χ1n) is 13.6. The van der Waals surface area contributed by atoms with Crippen LogP contribution in [0.2, 0.25) is 0 Å². The molecule has 3 aromatic heterocycles. The number of nitrogens with zero attached hydrogens (tertiary/aromatic N) is 5. The number of ether oxygens (including phenoxy) is 1. The summed E-state index contributed by atoms with van der Waals surface area (Å²) < 4.78 is 8.17. The summed E-state index contributed by atoms with van der Waals surface area (Å²) in [5.74, 6) is 9.01. The fourth-order valence-corrected chi connectivity index (χ4v) is 5.28. The molecule has 8 heteroatoms. The number of aryl methyl sites for hydroxylation is 1. The van der Waals surface area contributed by atoms with Gasteiger partial charge >= 0.3 is 0 Å². The van der Waals surface area contributed by atoms with Crippen molar-refractivity contribution < 1.29 is 4.74 Å². The Morgan fingerprint density at radius 3 is 2.62 bits per heavy atom. The van der Waals surface area contributed by atoms with Crippen LogP contribution in [-0.4, -0.2) is 55.6 Å². The van der Waals surface area contributed by atoms with E-state index in [0.717, 1.165) is 51.4 Å². The van der Waals surface area contributed by atoms with Crippen LogP contribution in [0, 0.1) is 18.8 Å². The summed E-state index contributed by atoms with van der Waals surface area (Å²) in [6.45, 7) is 10.4. The molecule has 0 aliphatic carbocycles. The lowest BCUT2D eigenvalue weighted by atomic mass is 10.1. The van der Waals surface area contributed by atoms with Crippen LogP contribution >= 0.6 is 0 Å². The van der Waals surface area contributed by atoms with E-state index in [1.807, 2.05) is 61.7 Å². The van der Waals surface area contributed by atoms with E-state index in [4.69, 9.17) is 14.7 Å². The van der Waals surface area contributed by atoms with Crippen LogP contribution in [0.3, 0.4) is 0 Å². The Kier molecular flexibility index (Phi) is 6.91. The number of nitrogens with one attached hydrogen (secondary N) is 2. The van der Waals surface area contributed by atoms with E-state index in [2.05, 4.69) is 50.4 Å². The molecule has 2 aromatic carbocycles. The largest absolute Gasteiger partial charge is 0.492 e. The number of fused-ring (bicyclic) bond motifs is 2. The van der Waals surface area contributed by atoms with E-state index in [0.29, 0.717) is 18.2 Å². The zero-order chi connectivity index (χ0) is 26.8. The standard InChI is InChI=1S/C31H33N7O/c1-21(2)38-22(3)33-28-8-6-7-23(29(28)38)9-14-27-26-15-16-32-30(26)36-31(35-27)34-24-10-12-25(13-11-24)39-20-19-37-17-4-5-18-37/h6-8,10-13,15-16,21H,4-5,17-20H2,1-3H3,(H2,32,34,35,36). The third-order valence-corrected chi connectivity index (χ3v) is 7.12. The van der Waals surface area contributed by atoms with Crippen LogP contribution in [0.15, 0.2) is 54.7 Å². The van der Waals surface area contributed by atoms with Crippen molar-refractivity contribution in [3.8, 4) is 17.6 Å². The van der Waals surface area contributed by atoms with Crippen LogP contribution < -0.4 is 10.1 Å². The van der Waals surface area contributed by atoms with Gasteiger partial charge in [0, 0.05) is 24.5 Å². The zero-order valence-corrected chi connectivity index (χ0v) is 22.7. The molecule has 1 saturated heterocycles. The summed E-state index contributed by atoms with van der Waals surface area (Å²) in [5.41, 5.74) is 5.22. The molecule has 2 N–H and O–H groups in total. The van der Waals surface area contributed by atoms with Crippen molar-refractivity contribution >= 4 is 33.7 Å². The number of likely N-dealkylation sites (tertiary alicyclic amines) is 1. The Balaban J connectivity index is 1.23. The maximum absolute atomic E-state index is 5.94. The topological polar surface area (TPSA) is 83.9 Å². The van der Waals surface area contributed by atoms with Gasteiger partial charge in [0.15, 0.2) is 0 Å². The second kappa shape index (κ2) is 10.8. The highest BCUT2D eigenvalue weighted by Crippen LogP contribution is 2.25. The summed E-state index contributed by atoms with van der Waals surface area (Å²) in [5, 5.41) is 4.21. The number of para-hydroxylation sites is 1. The molecule has 0 radical (unpaired) electrons. The number of rotatable bonds is 7. The monoisotopic (exact) mass is 519 g/mol. The van der Waals surface area contributed by atoms with Crippen molar-refractivity contribution in [1.82, 2.24) is 29.4 Å². The van der Waals surface area contributed by atoms with Gasteiger partial charge in [-0.3, -0.25) is 4.90 Å². The van der Waals surface area contributed by atoms with E-state index in [-0.39, 0.29) is 6.04 Å². The molecule has 0 saturated carbocycles. The van der Waals surface area contributed by atoms with Crippen LogP contribution in [0.5, 0.6) is 5.75 Å². The van der Waals surface area contributed by atoms with E-state index in [1.165, 1.54) is 25.9 Å². The quantitative estimate of drug-likeness (QED) is 0.264. The van der Waals surface area contributed by atoms with Crippen molar-refractivity contribution in [2.24, 2.45) is 0 Å². The predicted octanol–water partition coefficient (Wildman–Crippen LogP) is 5.81. The summed E-state index contributed by atoms with van der Waals surface area (Å²) >= 11 is 0. The number of aromatic amines is 1. The van der Waals surface area contributed by atoms with E-state index < -0.39 is 0 Å². The van der Waals surface area contributed by atoms with Crippen LogP contribution in [0.25, 0.3) is 22.1 Å². The van der Waals surface area contributed by atoms with E-state index >= 15 is 0 Å². The van der Waals surface area contributed by atoms with E-state index in [1.54, 1.807) is 0 Å². The number of anilines is 2. The molecule has 8 nitrogen and oxygen atoms in total. The molecule has 1 aliphatic rings. The molecule has 1 aliphatic heterocycles. The molecule has 0 spiro atoms. The molecular formula is C31H33N7O. The van der Waals surface area contributed by atoms with Gasteiger partial charge in [0.1, 0.15) is 29.5 Å². The fourth-order valence-electron chi connectivity index (χ4n) is 5.28. The molecule has 0 amide bonds. The summed E-state index contributed by atoms with van der Waals surface area (Å²) in [6, 6.07) is 16.2. The second-order valence-corrected chi connectivity index (χ2v) is 10.2. The average Bonchev–Trinajstić information content (AvgIpc) is 3.68. The number of hydrogen-bond donors (Lipinski definition) is 2. The normalized spacial score (nSPS) is 13.7. The fraction of sp³-hybridized carbons (Fsp3) is 0.323. The van der Waals surface area contributed by atoms with Crippen molar-refractivity contribution in [3.63, 3.8) is 0 Å². The first kappa shape index (κ1) is 25.0. The van der Waals surface area contributed by atoms with Gasteiger partial charge in [-0.2, -0.15) is 4.98 Å². The van der Waals surface area contributed by atoms with Crippen molar-refractivity contribution in [2.75, 3.05) is 31.6 Å². The van der Waals surface area contributed by atoms with Crippen molar-refractivity contribution in [2.45, 2.75) is 39.7 Å². The third-order valence-electron chi connectivity index (χ3n) is 7.12. The minimum Gasteiger partial charge on any atom is -0.492 e. The van der Waals surface area contributed by atoms with Gasteiger partial charge in [-0.1, -0.05) is 12.0 Å². The lowest BCUT2D eigenvalue weighted by Gasteiger charge is -2.15. The molecule has 0 bridgehead atoms. The van der Waals surface area contributed by atoms with Crippen molar-refractivity contribution in [1.29, 1.82) is 0 Å². The minimum atomic E-state index is 0.283. The molecule has 4 heterocycles. The highest BCUT2D eigenvalue weighted by molar-refractivity contribution is 5.85. The van der Waals surface area contributed by atoms with Gasteiger partial charge in [0.25, 0.3) is 0 Å². The summed E-state index contributed by atoms with van der Waals surface area (Å²) in [6.07, 6.45) is 4.45. The summed E-state index contributed by atoms with van der Waals surface area (Å²) in [4.78, 5) is 19.8. The Morgan fingerprint density at radius 1 is 1.00 bits per heavy atom. The van der Waals surface area contributed by atoms with Gasteiger partial charge in [-0.15, -0.1) is 0 Å². The highest BCUT2D eigenvalue weighted by Gasteiger charge is 2.14. The Hall–Kier alpha value is -4.35. The first-order valence-corrected chi connectivity index (χ1v) is 13.6. The molecular weight excluding hydrogens is 486 g/mol. The van der Waals surface area contributed by atoms with Gasteiger partial charge in [0.2, 0.25) is 5.95 Å². The van der Waals surface area contributed by atoms with Gasteiger partial charge in [-0.05, 0) is 95.1 Å². The second-order valence-electron chi connectivity index (χ2n) is 10.2. The van der Waals surface area contributed by atoms with Crippen LogP contribution in [0.1, 0.15) is 49.8 Å². The predicted molar refractivity (Wildman–Crippen MR) is 156 cm³/mol. The third kappa shape index (κ3) is 5.31. The maximum atomic E-state index is 5.94. The number of aromatic nitrogens is 5. The minimum absolute atomic E-state index is 0.283. The lowest BCUT2D eigenvalue weighted by Crippen LogP contribution is -2.25. The lowest BCUT2D eigenvalue weighted by molar-refractivity contribution is 0.238. The number of benzene rings is 2. The SMILES string of the molecule is Cc1nc2cccc(C#Cc3nc(Nc4ccc(OCCN5CCCC5)cc4)nc4[nH]ccc34)c2n1C(C)C. The molecule has 0 unspecified atom stereocenters. The zero-order valence-electron chi connectivity index (χ0n) is 22.7. The number of H-pyrrole nitrogens is 1. The molecule has 0 atom stereocenters. The first-order chi connectivity index (χ1) is 19.0. The molecule has 39 heavy (non-hydrogen) atoms. The Labute approximate surface area is 228 Å². The van der Waals surface area contributed by atoms with Gasteiger partial charge < -0.3 is 19.6 Å². The molecule has 6 rings (SSSR count).